The quantitative estimate of drug-likeness (QED) is 0.860. The van der Waals surface area contributed by atoms with E-state index >= 15 is 0 Å². The highest BCUT2D eigenvalue weighted by molar-refractivity contribution is 5.84. The van der Waals surface area contributed by atoms with Crippen molar-refractivity contribution >= 4 is 11.9 Å². The van der Waals surface area contributed by atoms with Crippen molar-refractivity contribution < 1.29 is 27.9 Å². The highest BCUT2D eigenvalue weighted by Crippen LogP contribution is 2.32. The number of amides is 1. The van der Waals surface area contributed by atoms with Gasteiger partial charge >= 0.3 is 12.1 Å². The number of hydrogen-bond donors (Lipinski definition) is 1. The van der Waals surface area contributed by atoms with E-state index in [4.69, 9.17) is 5.11 Å². The third-order valence-electron chi connectivity index (χ3n) is 3.51. The van der Waals surface area contributed by atoms with Gasteiger partial charge in [-0.05, 0) is 12.8 Å². The first-order valence-corrected chi connectivity index (χ1v) is 6.27. The summed E-state index contributed by atoms with van der Waals surface area (Å²) in [5.41, 5.74) is 0. The van der Waals surface area contributed by atoms with E-state index in [1.807, 2.05) is 0 Å². The van der Waals surface area contributed by atoms with E-state index in [1.54, 1.807) is 0 Å². The van der Waals surface area contributed by atoms with E-state index in [2.05, 4.69) is 0 Å². The number of carboxylic acids is 1. The highest BCUT2D eigenvalue weighted by Gasteiger charge is 2.37. The molecule has 0 radical (unpaired) electrons. The maximum Gasteiger partial charge on any atom is 0.390 e. The Kier molecular flexibility index (Phi) is 5.20. The molecule has 0 aromatic heterocycles. The molecule has 0 aromatic carbocycles. The van der Waals surface area contributed by atoms with Crippen LogP contribution in [0.3, 0.4) is 0 Å². The Balaban J connectivity index is 2.61. The minimum absolute atomic E-state index is 0.416. The van der Waals surface area contributed by atoms with Gasteiger partial charge in [-0.1, -0.05) is 12.8 Å². The molecule has 19 heavy (non-hydrogen) atoms. The summed E-state index contributed by atoms with van der Waals surface area (Å²) < 4.78 is 36.3. The Morgan fingerprint density at radius 3 is 2.21 bits per heavy atom. The van der Waals surface area contributed by atoms with Gasteiger partial charge in [0.15, 0.2) is 0 Å². The Hall–Kier alpha value is -1.27. The second-order valence-corrected chi connectivity index (χ2v) is 4.96. The molecule has 0 aromatic rings. The Morgan fingerprint density at radius 1 is 1.21 bits per heavy atom. The average molecular weight is 281 g/mol. The number of alkyl halides is 3. The zero-order valence-electron chi connectivity index (χ0n) is 10.7. The smallest absolute Gasteiger partial charge is 0.390 e. The summed E-state index contributed by atoms with van der Waals surface area (Å²) in [6.07, 6.45) is -3.04. The maximum absolute atomic E-state index is 12.1. The fourth-order valence-corrected chi connectivity index (χ4v) is 2.41. The van der Waals surface area contributed by atoms with Gasteiger partial charge in [0.1, 0.15) is 0 Å². The first kappa shape index (κ1) is 15.8. The molecule has 1 rings (SSSR count). The van der Waals surface area contributed by atoms with Crippen LogP contribution in [0, 0.1) is 11.8 Å². The molecule has 0 bridgehead atoms. The predicted molar refractivity (Wildman–Crippen MR) is 61.4 cm³/mol. The van der Waals surface area contributed by atoms with Crippen molar-refractivity contribution in [2.45, 2.75) is 38.3 Å². The molecule has 1 fully saturated rings. The average Bonchev–Trinajstić information content (AvgIpc) is 2.34. The zero-order chi connectivity index (χ0) is 14.6. The van der Waals surface area contributed by atoms with E-state index in [-0.39, 0.29) is 0 Å². The van der Waals surface area contributed by atoms with Crippen LogP contribution in [0.15, 0.2) is 0 Å². The number of halogens is 3. The molecule has 0 saturated heterocycles. The van der Waals surface area contributed by atoms with E-state index in [9.17, 15) is 22.8 Å². The van der Waals surface area contributed by atoms with Crippen LogP contribution in [0.2, 0.25) is 0 Å². The molecule has 1 N–H and O–H groups in total. The normalized spacial score (nSPS) is 24.0. The summed E-state index contributed by atoms with van der Waals surface area (Å²) in [7, 11) is 1.29. The molecule has 0 aliphatic heterocycles. The molecular formula is C12H18F3NO3. The topological polar surface area (TPSA) is 57.6 Å². The van der Waals surface area contributed by atoms with Crippen LogP contribution in [0.25, 0.3) is 0 Å². The minimum atomic E-state index is -4.31. The third-order valence-corrected chi connectivity index (χ3v) is 3.51. The number of carboxylic acid groups (broad SMARTS) is 1. The predicted octanol–water partition coefficient (Wildman–Crippen LogP) is 2.29. The second kappa shape index (κ2) is 6.25. The number of nitrogens with zero attached hydrogens (tertiary/aromatic N) is 1. The number of carbonyl (C=O) groups is 2. The van der Waals surface area contributed by atoms with Crippen LogP contribution in [-0.2, 0) is 9.59 Å². The lowest BCUT2D eigenvalue weighted by molar-refractivity contribution is -0.155. The number of carbonyl (C=O) groups excluding carboxylic acids is 1. The fourth-order valence-electron chi connectivity index (χ4n) is 2.41. The molecule has 1 aliphatic rings. The van der Waals surface area contributed by atoms with Crippen molar-refractivity contribution in [3.05, 3.63) is 0 Å². The summed E-state index contributed by atoms with van der Waals surface area (Å²) in [4.78, 5) is 24.1. The SMILES string of the molecule is CN(CCC(F)(F)F)C(=O)C1CCCCC1C(=O)O. The molecular weight excluding hydrogens is 263 g/mol. The van der Waals surface area contributed by atoms with Crippen LogP contribution < -0.4 is 0 Å². The van der Waals surface area contributed by atoms with Crippen LogP contribution >= 0.6 is 0 Å². The maximum atomic E-state index is 12.1. The van der Waals surface area contributed by atoms with Crippen molar-refractivity contribution in [2.24, 2.45) is 11.8 Å². The third kappa shape index (κ3) is 4.72. The van der Waals surface area contributed by atoms with Crippen molar-refractivity contribution in [2.75, 3.05) is 13.6 Å². The summed E-state index contributed by atoms with van der Waals surface area (Å²) in [5.74, 6) is -2.99. The van der Waals surface area contributed by atoms with Crippen LogP contribution in [0.1, 0.15) is 32.1 Å². The summed E-state index contributed by atoms with van der Waals surface area (Å²) in [6.45, 7) is -0.425. The number of rotatable bonds is 4. The Morgan fingerprint density at radius 2 is 1.74 bits per heavy atom. The summed E-state index contributed by atoms with van der Waals surface area (Å²) >= 11 is 0. The van der Waals surface area contributed by atoms with Crippen molar-refractivity contribution in [1.29, 1.82) is 0 Å². The lowest BCUT2D eigenvalue weighted by atomic mass is 9.78. The second-order valence-electron chi connectivity index (χ2n) is 4.96. The standard InChI is InChI=1S/C12H18F3NO3/c1-16(7-6-12(13,14)15)10(17)8-4-2-3-5-9(8)11(18)19/h8-9H,2-7H2,1H3,(H,18,19). The van der Waals surface area contributed by atoms with E-state index in [1.165, 1.54) is 7.05 Å². The van der Waals surface area contributed by atoms with Gasteiger partial charge < -0.3 is 10.0 Å². The summed E-state index contributed by atoms with van der Waals surface area (Å²) in [6, 6.07) is 0. The first-order valence-electron chi connectivity index (χ1n) is 6.27. The molecule has 0 spiro atoms. The number of aliphatic carboxylic acids is 1. The minimum Gasteiger partial charge on any atom is -0.481 e. The van der Waals surface area contributed by atoms with Gasteiger partial charge in [-0.25, -0.2) is 0 Å². The van der Waals surface area contributed by atoms with Gasteiger partial charge in [-0.2, -0.15) is 13.2 Å². The molecule has 1 saturated carbocycles. The number of hydrogen-bond acceptors (Lipinski definition) is 2. The molecule has 1 amide bonds. The zero-order valence-corrected chi connectivity index (χ0v) is 10.7. The summed E-state index contributed by atoms with van der Waals surface area (Å²) in [5, 5.41) is 9.05. The van der Waals surface area contributed by atoms with Crippen molar-refractivity contribution in [1.82, 2.24) is 4.90 Å². The monoisotopic (exact) mass is 281 g/mol. The molecule has 7 heteroatoms. The van der Waals surface area contributed by atoms with Gasteiger partial charge in [0.25, 0.3) is 0 Å². The molecule has 0 heterocycles. The lowest BCUT2D eigenvalue weighted by Crippen LogP contribution is -2.41. The lowest BCUT2D eigenvalue weighted by Gasteiger charge is -2.31. The van der Waals surface area contributed by atoms with Gasteiger partial charge in [-0.3, -0.25) is 9.59 Å². The van der Waals surface area contributed by atoms with Crippen molar-refractivity contribution in [3.8, 4) is 0 Å². The fraction of sp³-hybridized carbons (Fsp3) is 0.833. The van der Waals surface area contributed by atoms with Gasteiger partial charge in [0, 0.05) is 13.6 Å². The van der Waals surface area contributed by atoms with Crippen LogP contribution in [0.4, 0.5) is 13.2 Å². The Bertz CT molecular complexity index is 344. The van der Waals surface area contributed by atoms with E-state index in [0.717, 1.165) is 17.7 Å². The van der Waals surface area contributed by atoms with E-state index < -0.39 is 42.9 Å². The van der Waals surface area contributed by atoms with Gasteiger partial charge in [0.2, 0.25) is 5.91 Å². The first-order chi connectivity index (χ1) is 8.72. The van der Waals surface area contributed by atoms with Crippen LogP contribution in [0.5, 0.6) is 0 Å². The molecule has 2 unspecified atom stereocenters. The Labute approximate surface area is 109 Å². The van der Waals surface area contributed by atoms with Gasteiger partial charge in [-0.15, -0.1) is 0 Å². The van der Waals surface area contributed by atoms with Crippen LogP contribution in [-0.4, -0.2) is 41.7 Å². The molecule has 2 atom stereocenters. The van der Waals surface area contributed by atoms with Crippen molar-refractivity contribution in [3.63, 3.8) is 0 Å². The highest BCUT2D eigenvalue weighted by atomic mass is 19.4. The molecule has 110 valence electrons. The largest absolute Gasteiger partial charge is 0.481 e. The van der Waals surface area contributed by atoms with E-state index in [0.29, 0.717) is 12.8 Å². The molecule has 1 aliphatic carbocycles. The van der Waals surface area contributed by atoms with Gasteiger partial charge in [0.05, 0.1) is 18.3 Å². The molecule has 4 nitrogen and oxygen atoms in total.